The lowest BCUT2D eigenvalue weighted by atomic mass is 10.2. The molecule has 1 N–H and O–H groups in total. The van der Waals surface area contributed by atoms with Gasteiger partial charge in [0.15, 0.2) is 9.84 Å². The fourth-order valence-electron chi connectivity index (χ4n) is 2.06. The number of aryl methyl sites for hydroxylation is 2. The second kappa shape index (κ2) is 5.50. The van der Waals surface area contributed by atoms with E-state index in [-0.39, 0.29) is 11.5 Å². The second-order valence-electron chi connectivity index (χ2n) is 4.43. The minimum absolute atomic E-state index is 0.238. The van der Waals surface area contributed by atoms with Crippen molar-refractivity contribution in [2.45, 2.75) is 32.7 Å². The minimum atomic E-state index is -2.83. The van der Waals surface area contributed by atoms with E-state index in [9.17, 15) is 8.42 Å². The highest BCUT2D eigenvalue weighted by molar-refractivity contribution is 7.91. The van der Waals surface area contributed by atoms with Gasteiger partial charge in [-0.05, 0) is 30.9 Å². The molecule has 0 amide bonds. The number of hydrogen-bond acceptors (Lipinski definition) is 4. The van der Waals surface area contributed by atoms with Crippen LogP contribution in [0.1, 0.15) is 28.7 Å². The molecule has 1 aromatic heterocycles. The normalized spacial score (nSPS) is 15.1. The minimum Gasteiger partial charge on any atom is -0.311 e. The molecule has 1 heterocycles. The van der Waals surface area contributed by atoms with Crippen LogP contribution >= 0.6 is 11.3 Å². The number of rotatable bonds is 6. The summed E-state index contributed by atoms with van der Waals surface area (Å²) in [7, 11) is -2.83. The van der Waals surface area contributed by atoms with Gasteiger partial charge in [-0.2, -0.15) is 0 Å². The predicted octanol–water partition coefficient (Wildman–Crippen LogP) is 1.76. The fourth-order valence-corrected chi connectivity index (χ4v) is 4.04. The third-order valence-electron chi connectivity index (χ3n) is 3.13. The lowest BCUT2D eigenvalue weighted by Gasteiger charge is -2.03. The molecule has 96 valence electrons. The van der Waals surface area contributed by atoms with E-state index in [1.54, 1.807) is 6.92 Å². The number of sulfone groups is 1. The SMILES string of the molecule is CCS(=O)(=O)CCNCc1cc2c(s1)CCC2. The molecular formula is C12H19NO2S2. The first-order valence-electron chi connectivity index (χ1n) is 6.12. The first-order valence-corrected chi connectivity index (χ1v) is 8.76. The van der Waals surface area contributed by atoms with Crippen LogP contribution in [0.4, 0.5) is 0 Å². The highest BCUT2D eigenvalue weighted by Gasteiger charge is 2.14. The second-order valence-corrected chi connectivity index (χ2v) is 8.12. The topological polar surface area (TPSA) is 46.2 Å². The number of nitrogens with one attached hydrogen (secondary N) is 1. The van der Waals surface area contributed by atoms with Gasteiger partial charge in [-0.1, -0.05) is 6.92 Å². The third kappa shape index (κ3) is 3.53. The van der Waals surface area contributed by atoms with Crippen molar-refractivity contribution in [3.63, 3.8) is 0 Å². The Bertz CT molecular complexity index is 455. The Hall–Kier alpha value is -0.390. The molecule has 0 aliphatic heterocycles. The van der Waals surface area contributed by atoms with Crippen LogP contribution < -0.4 is 5.32 Å². The van der Waals surface area contributed by atoms with Gasteiger partial charge in [0.25, 0.3) is 0 Å². The maximum absolute atomic E-state index is 11.3. The smallest absolute Gasteiger partial charge is 0.151 e. The van der Waals surface area contributed by atoms with E-state index in [1.807, 2.05) is 11.3 Å². The molecule has 0 aromatic carbocycles. The fraction of sp³-hybridized carbons (Fsp3) is 0.667. The van der Waals surface area contributed by atoms with Crippen LogP contribution in [0.3, 0.4) is 0 Å². The maximum atomic E-state index is 11.3. The summed E-state index contributed by atoms with van der Waals surface area (Å²) >= 11 is 1.87. The van der Waals surface area contributed by atoms with Gasteiger partial charge in [0, 0.05) is 28.6 Å². The monoisotopic (exact) mass is 273 g/mol. The molecule has 0 saturated heterocycles. The van der Waals surface area contributed by atoms with Crippen molar-refractivity contribution >= 4 is 21.2 Å². The Morgan fingerprint density at radius 3 is 2.94 bits per heavy atom. The largest absolute Gasteiger partial charge is 0.311 e. The lowest BCUT2D eigenvalue weighted by molar-refractivity contribution is 0.592. The van der Waals surface area contributed by atoms with Crippen LogP contribution in [0.15, 0.2) is 6.07 Å². The van der Waals surface area contributed by atoms with E-state index >= 15 is 0 Å². The highest BCUT2D eigenvalue weighted by Crippen LogP contribution is 2.30. The summed E-state index contributed by atoms with van der Waals surface area (Å²) in [4.78, 5) is 2.87. The van der Waals surface area contributed by atoms with E-state index in [2.05, 4.69) is 11.4 Å². The van der Waals surface area contributed by atoms with Crippen molar-refractivity contribution in [2.75, 3.05) is 18.1 Å². The molecular weight excluding hydrogens is 254 g/mol. The van der Waals surface area contributed by atoms with E-state index in [1.165, 1.54) is 34.6 Å². The molecule has 1 aromatic rings. The van der Waals surface area contributed by atoms with Crippen molar-refractivity contribution in [1.29, 1.82) is 0 Å². The summed E-state index contributed by atoms with van der Waals surface area (Å²) in [6.45, 7) is 3.05. The molecule has 1 aliphatic carbocycles. The molecule has 0 atom stereocenters. The third-order valence-corrected chi connectivity index (χ3v) is 6.07. The Morgan fingerprint density at radius 1 is 1.41 bits per heavy atom. The molecule has 0 radical (unpaired) electrons. The van der Waals surface area contributed by atoms with Crippen LogP contribution in [-0.4, -0.2) is 26.5 Å². The summed E-state index contributed by atoms with van der Waals surface area (Å²) in [6, 6.07) is 2.27. The van der Waals surface area contributed by atoms with Crippen molar-refractivity contribution in [2.24, 2.45) is 0 Å². The van der Waals surface area contributed by atoms with Crippen molar-refractivity contribution in [1.82, 2.24) is 5.32 Å². The number of fused-ring (bicyclic) bond motifs is 1. The van der Waals surface area contributed by atoms with Crippen LogP contribution in [0.5, 0.6) is 0 Å². The van der Waals surface area contributed by atoms with Gasteiger partial charge in [0.05, 0.1) is 5.75 Å². The molecule has 2 rings (SSSR count). The predicted molar refractivity (Wildman–Crippen MR) is 72.4 cm³/mol. The Balaban J connectivity index is 1.75. The standard InChI is InChI=1S/C12H19NO2S2/c1-2-17(14,15)7-6-13-9-11-8-10-4-3-5-12(10)16-11/h8,13H,2-7,9H2,1H3. The highest BCUT2D eigenvalue weighted by atomic mass is 32.2. The summed E-state index contributed by atoms with van der Waals surface area (Å²) in [5, 5.41) is 3.21. The first-order chi connectivity index (χ1) is 8.11. The quantitative estimate of drug-likeness (QED) is 0.803. The van der Waals surface area contributed by atoms with E-state index in [4.69, 9.17) is 0 Å². The van der Waals surface area contributed by atoms with Crippen molar-refractivity contribution < 1.29 is 8.42 Å². The van der Waals surface area contributed by atoms with Crippen molar-refractivity contribution in [3.05, 3.63) is 21.4 Å². The number of hydrogen-bond donors (Lipinski definition) is 1. The molecule has 17 heavy (non-hydrogen) atoms. The van der Waals surface area contributed by atoms with Crippen LogP contribution in [0, 0.1) is 0 Å². The summed E-state index contributed by atoms with van der Waals surface area (Å²) in [5.41, 5.74) is 1.51. The van der Waals surface area contributed by atoms with Crippen LogP contribution in [0.2, 0.25) is 0 Å². The average molecular weight is 273 g/mol. The number of thiophene rings is 1. The van der Waals surface area contributed by atoms with Gasteiger partial charge in [0.2, 0.25) is 0 Å². The van der Waals surface area contributed by atoms with Crippen molar-refractivity contribution in [3.8, 4) is 0 Å². The van der Waals surface area contributed by atoms with E-state index in [0.29, 0.717) is 6.54 Å². The van der Waals surface area contributed by atoms with Gasteiger partial charge < -0.3 is 5.32 Å². The Morgan fingerprint density at radius 2 is 2.24 bits per heavy atom. The lowest BCUT2D eigenvalue weighted by Crippen LogP contribution is -2.23. The van der Waals surface area contributed by atoms with E-state index < -0.39 is 9.84 Å². The molecule has 0 spiro atoms. The van der Waals surface area contributed by atoms with Gasteiger partial charge in [0.1, 0.15) is 0 Å². The average Bonchev–Trinajstić information content (AvgIpc) is 2.84. The molecule has 0 saturated carbocycles. The van der Waals surface area contributed by atoms with Gasteiger partial charge >= 0.3 is 0 Å². The van der Waals surface area contributed by atoms with Gasteiger partial charge in [-0.25, -0.2) is 8.42 Å². The molecule has 0 fully saturated rings. The molecule has 0 bridgehead atoms. The van der Waals surface area contributed by atoms with Crippen LogP contribution in [0.25, 0.3) is 0 Å². The molecule has 0 unspecified atom stereocenters. The maximum Gasteiger partial charge on any atom is 0.151 e. The molecule has 5 heteroatoms. The zero-order valence-electron chi connectivity index (χ0n) is 10.2. The summed E-state index contributed by atoms with van der Waals surface area (Å²) in [5.74, 6) is 0.483. The first kappa shape index (κ1) is 13.1. The van der Waals surface area contributed by atoms with Crippen LogP contribution in [-0.2, 0) is 29.2 Å². The zero-order chi connectivity index (χ0) is 12.3. The van der Waals surface area contributed by atoms with E-state index in [0.717, 1.165) is 6.54 Å². The molecule has 3 nitrogen and oxygen atoms in total. The zero-order valence-corrected chi connectivity index (χ0v) is 11.8. The van der Waals surface area contributed by atoms with Gasteiger partial charge in [-0.3, -0.25) is 0 Å². The van der Waals surface area contributed by atoms with Gasteiger partial charge in [-0.15, -0.1) is 11.3 Å². The Kier molecular flexibility index (Phi) is 4.22. The summed E-state index contributed by atoms with van der Waals surface area (Å²) in [6.07, 6.45) is 3.74. The molecule has 1 aliphatic rings. The Labute approximate surface area is 107 Å². The summed E-state index contributed by atoms with van der Waals surface area (Å²) < 4.78 is 22.6.